The maximum Gasteiger partial charge on any atom is 0.159 e. The molecule has 4 heteroatoms. The fourth-order valence-electron chi connectivity index (χ4n) is 1.55. The molecule has 2 nitrogen and oxygen atoms in total. The first-order valence-electron chi connectivity index (χ1n) is 6.07. The molecule has 0 saturated heterocycles. The van der Waals surface area contributed by atoms with Gasteiger partial charge < -0.3 is 10.1 Å². The van der Waals surface area contributed by atoms with Crippen LogP contribution < -0.4 is 5.32 Å². The number of rotatable bonds is 5. The van der Waals surface area contributed by atoms with Gasteiger partial charge in [0.05, 0.1) is 12.2 Å². The molecule has 1 unspecified atom stereocenters. The van der Waals surface area contributed by atoms with Gasteiger partial charge in [0.1, 0.15) is 0 Å². The second kappa shape index (κ2) is 6.25. The quantitative estimate of drug-likeness (QED) is 0.875. The highest BCUT2D eigenvalue weighted by Crippen LogP contribution is 2.12. The zero-order valence-electron chi connectivity index (χ0n) is 11.4. The van der Waals surface area contributed by atoms with Crippen LogP contribution in [-0.4, -0.2) is 25.3 Å². The van der Waals surface area contributed by atoms with Crippen molar-refractivity contribution < 1.29 is 13.5 Å². The largest absolute Gasteiger partial charge is 0.374 e. The van der Waals surface area contributed by atoms with Crippen LogP contribution in [0, 0.1) is 11.6 Å². The number of likely N-dealkylation sites (N-methyl/N-ethyl adjacent to an activating group) is 1. The maximum atomic E-state index is 13.1. The Labute approximate surface area is 107 Å². The van der Waals surface area contributed by atoms with E-state index >= 15 is 0 Å². The van der Waals surface area contributed by atoms with Crippen molar-refractivity contribution in [3.05, 3.63) is 35.4 Å². The Morgan fingerprint density at radius 2 is 1.89 bits per heavy atom. The average molecular weight is 257 g/mol. The van der Waals surface area contributed by atoms with Crippen molar-refractivity contribution in [3.63, 3.8) is 0 Å². The second-order valence-corrected chi connectivity index (χ2v) is 5.36. The Balaban J connectivity index is 2.59. The van der Waals surface area contributed by atoms with E-state index < -0.39 is 11.6 Å². The van der Waals surface area contributed by atoms with Crippen molar-refractivity contribution in [1.29, 1.82) is 0 Å². The Morgan fingerprint density at radius 3 is 2.39 bits per heavy atom. The minimum atomic E-state index is -0.814. The summed E-state index contributed by atoms with van der Waals surface area (Å²) in [5.41, 5.74) is 0.550. The molecule has 0 aromatic heterocycles. The first kappa shape index (κ1) is 15.1. The van der Waals surface area contributed by atoms with E-state index in [4.69, 9.17) is 4.74 Å². The van der Waals surface area contributed by atoms with Gasteiger partial charge in [0.25, 0.3) is 0 Å². The summed E-state index contributed by atoms with van der Waals surface area (Å²) in [5.74, 6) is -1.62. The Hall–Kier alpha value is -1.00. The number of halogens is 2. The third-order valence-electron chi connectivity index (χ3n) is 2.59. The molecule has 0 fully saturated rings. The molecule has 0 saturated carbocycles. The van der Waals surface area contributed by atoms with Gasteiger partial charge in [0, 0.05) is 6.04 Å². The van der Waals surface area contributed by atoms with Crippen LogP contribution in [0.3, 0.4) is 0 Å². The van der Waals surface area contributed by atoms with Gasteiger partial charge in [-0.05, 0) is 51.9 Å². The lowest BCUT2D eigenvalue weighted by Crippen LogP contribution is -2.36. The monoisotopic (exact) mass is 257 g/mol. The van der Waals surface area contributed by atoms with Crippen LogP contribution in [0.15, 0.2) is 18.2 Å². The molecule has 0 aliphatic carbocycles. The van der Waals surface area contributed by atoms with E-state index in [0.29, 0.717) is 13.0 Å². The van der Waals surface area contributed by atoms with Gasteiger partial charge in [-0.25, -0.2) is 8.78 Å². The fraction of sp³-hybridized carbons (Fsp3) is 0.571. The molecule has 0 heterocycles. The van der Waals surface area contributed by atoms with E-state index in [1.807, 2.05) is 27.8 Å². The van der Waals surface area contributed by atoms with Crippen LogP contribution in [0.4, 0.5) is 8.78 Å². The Bertz CT molecular complexity index is 388. The highest BCUT2D eigenvalue weighted by molar-refractivity contribution is 5.18. The van der Waals surface area contributed by atoms with Gasteiger partial charge in [-0.1, -0.05) is 6.07 Å². The van der Waals surface area contributed by atoms with Crippen LogP contribution in [0.2, 0.25) is 0 Å². The van der Waals surface area contributed by atoms with Crippen molar-refractivity contribution in [1.82, 2.24) is 5.32 Å². The summed E-state index contributed by atoms with van der Waals surface area (Å²) in [4.78, 5) is 0. The standard InChI is InChI=1S/C14H21F2NO/c1-14(2,3)18-9-11(17-4)7-10-5-6-12(15)13(16)8-10/h5-6,8,11,17H,7,9H2,1-4H3. The topological polar surface area (TPSA) is 21.3 Å². The molecule has 1 aromatic rings. The minimum Gasteiger partial charge on any atom is -0.374 e. The summed E-state index contributed by atoms with van der Waals surface area (Å²) < 4.78 is 31.6. The number of nitrogens with one attached hydrogen (secondary N) is 1. The first-order valence-corrected chi connectivity index (χ1v) is 6.07. The van der Waals surface area contributed by atoms with E-state index in [1.165, 1.54) is 6.07 Å². The van der Waals surface area contributed by atoms with Crippen molar-refractivity contribution in [2.75, 3.05) is 13.7 Å². The summed E-state index contributed by atoms with van der Waals surface area (Å²) in [7, 11) is 1.83. The van der Waals surface area contributed by atoms with E-state index in [1.54, 1.807) is 6.07 Å². The van der Waals surface area contributed by atoms with Crippen LogP contribution in [0.5, 0.6) is 0 Å². The summed E-state index contributed by atoms with van der Waals surface area (Å²) in [5, 5.41) is 3.12. The minimum absolute atomic E-state index is 0.0779. The number of hydrogen-bond donors (Lipinski definition) is 1. The van der Waals surface area contributed by atoms with Crippen molar-refractivity contribution in [2.45, 2.75) is 38.8 Å². The lowest BCUT2D eigenvalue weighted by Gasteiger charge is -2.24. The third-order valence-corrected chi connectivity index (χ3v) is 2.59. The molecule has 18 heavy (non-hydrogen) atoms. The highest BCUT2D eigenvalue weighted by Gasteiger charge is 2.15. The maximum absolute atomic E-state index is 13.1. The summed E-state index contributed by atoms with van der Waals surface area (Å²) in [6.45, 7) is 6.48. The second-order valence-electron chi connectivity index (χ2n) is 5.36. The van der Waals surface area contributed by atoms with Crippen LogP contribution in [0.25, 0.3) is 0 Å². The smallest absolute Gasteiger partial charge is 0.159 e. The van der Waals surface area contributed by atoms with Gasteiger partial charge in [-0.15, -0.1) is 0 Å². The van der Waals surface area contributed by atoms with Crippen LogP contribution in [-0.2, 0) is 11.2 Å². The van der Waals surface area contributed by atoms with Gasteiger partial charge in [0.15, 0.2) is 11.6 Å². The predicted octanol–water partition coefficient (Wildman–Crippen LogP) is 2.91. The zero-order chi connectivity index (χ0) is 13.8. The molecule has 1 rings (SSSR count). The number of ether oxygens (including phenoxy) is 1. The lowest BCUT2D eigenvalue weighted by atomic mass is 10.1. The molecule has 1 atom stereocenters. The SMILES string of the molecule is CNC(COC(C)(C)C)Cc1ccc(F)c(F)c1. The van der Waals surface area contributed by atoms with Gasteiger partial charge in [0.2, 0.25) is 0 Å². The number of hydrogen-bond acceptors (Lipinski definition) is 2. The lowest BCUT2D eigenvalue weighted by molar-refractivity contribution is -0.0134. The molecule has 0 radical (unpaired) electrons. The molecule has 0 aliphatic heterocycles. The molecule has 1 N–H and O–H groups in total. The predicted molar refractivity (Wildman–Crippen MR) is 68.6 cm³/mol. The van der Waals surface area contributed by atoms with E-state index in [-0.39, 0.29) is 11.6 Å². The van der Waals surface area contributed by atoms with Gasteiger partial charge in [-0.2, -0.15) is 0 Å². The Morgan fingerprint density at radius 1 is 1.22 bits per heavy atom. The van der Waals surface area contributed by atoms with E-state index in [2.05, 4.69) is 5.32 Å². The molecule has 1 aromatic carbocycles. The van der Waals surface area contributed by atoms with Gasteiger partial charge in [-0.3, -0.25) is 0 Å². The highest BCUT2D eigenvalue weighted by atomic mass is 19.2. The van der Waals surface area contributed by atoms with Crippen molar-refractivity contribution in [2.24, 2.45) is 0 Å². The molecule has 0 bridgehead atoms. The Kier molecular flexibility index (Phi) is 5.23. The third kappa shape index (κ3) is 5.10. The number of benzene rings is 1. The fourth-order valence-corrected chi connectivity index (χ4v) is 1.55. The molecule has 0 amide bonds. The zero-order valence-corrected chi connectivity index (χ0v) is 11.4. The normalized spacial score (nSPS) is 13.7. The molecule has 0 spiro atoms. The first-order chi connectivity index (χ1) is 8.31. The molecule has 0 aliphatic rings. The summed E-state index contributed by atoms with van der Waals surface area (Å²) in [6.07, 6.45) is 0.601. The average Bonchev–Trinajstić information content (AvgIpc) is 2.28. The van der Waals surface area contributed by atoms with Crippen LogP contribution >= 0.6 is 0 Å². The van der Waals surface area contributed by atoms with E-state index in [9.17, 15) is 8.78 Å². The van der Waals surface area contributed by atoms with Crippen LogP contribution in [0.1, 0.15) is 26.3 Å². The molecular formula is C14H21F2NO. The summed E-state index contributed by atoms with van der Waals surface area (Å²) >= 11 is 0. The van der Waals surface area contributed by atoms with Gasteiger partial charge >= 0.3 is 0 Å². The van der Waals surface area contributed by atoms with E-state index in [0.717, 1.165) is 11.6 Å². The molecular weight excluding hydrogens is 236 g/mol. The van der Waals surface area contributed by atoms with Crippen molar-refractivity contribution >= 4 is 0 Å². The van der Waals surface area contributed by atoms with Crippen molar-refractivity contribution in [3.8, 4) is 0 Å². The summed E-state index contributed by atoms with van der Waals surface area (Å²) in [6, 6.07) is 4.06. The molecule has 102 valence electrons.